The molecule has 0 spiro atoms. The third-order valence-electron chi connectivity index (χ3n) is 3.35. The highest BCUT2D eigenvalue weighted by molar-refractivity contribution is 5.96. The number of nitrogen functional groups attached to an aromatic ring is 1. The fraction of sp³-hybridized carbons (Fsp3) is 0.538. The number of hydrogen-bond acceptors (Lipinski definition) is 4. The van der Waals surface area contributed by atoms with Gasteiger partial charge >= 0.3 is 0 Å². The van der Waals surface area contributed by atoms with E-state index in [1.54, 1.807) is 12.3 Å². The molecule has 0 saturated carbocycles. The van der Waals surface area contributed by atoms with Crippen molar-refractivity contribution in [1.29, 1.82) is 0 Å². The van der Waals surface area contributed by atoms with Crippen LogP contribution in [0.25, 0.3) is 0 Å². The largest absolute Gasteiger partial charge is 0.397 e. The second-order valence-corrected chi connectivity index (χ2v) is 4.85. The van der Waals surface area contributed by atoms with Crippen LogP contribution in [-0.2, 0) is 0 Å². The molecule has 0 aromatic carbocycles. The number of anilines is 1. The molecule has 18 heavy (non-hydrogen) atoms. The average molecular weight is 248 g/mol. The van der Waals surface area contributed by atoms with Crippen LogP contribution in [0.3, 0.4) is 0 Å². The molecule has 0 unspecified atom stereocenters. The van der Waals surface area contributed by atoms with E-state index in [0.29, 0.717) is 11.3 Å². The van der Waals surface area contributed by atoms with Crippen LogP contribution in [0.15, 0.2) is 12.3 Å². The van der Waals surface area contributed by atoms with Gasteiger partial charge in [-0.05, 0) is 33.0 Å². The first-order valence-corrected chi connectivity index (χ1v) is 6.28. The Labute approximate surface area is 108 Å². The zero-order valence-corrected chi connectivity index (χ0v) is 11.0. The summed E-state index contributed by atoms with van der Waals surface area (Å²) in [6.07, 6.45) is 2.60. The maximum atomic E-state index is 12.4. The second-order valence-electron chi connectivity index (χ2n) is 4.85. The molecule has 1 amide bonds. The van der Waals surface area contributed by atoms with Crippen molar-refractivity contribution in [1.82, 2.24) is 14.8 Å². The Balaban J connectivity index is 2.17. The number of nitrogens with two attached hydrogens (primary N) is 1. The standard InChI is InChI=1S/C13H20N4O/c1-10-12(8-11(14)9-15-10)13(18)17-5-3-4-16(2)6-7-17/h8-9H,3-7,14H2,1-2H3. The van der Waals surface area contributed by atoms with Crippen molar-refractivity contribution in [2.75, 3.05) is 39.0 Å². The maximum Gasteiger partial charge on any atom is 0.255 e. The van der Waals surface area contributed by atoms with Crippen molar-refractivity contribution in [3.8, 4) is 0 Å². The number of aromatic nitrogens is 1. The molecule has 98 valence electrons. The first kappa shape index (κ1) is 12.8. The Morgan fingerprint density at radius 2 is 2.11 bits per heavy atom. The lowest BCUT2D eigenvalue weighted by atomic mass is 10.1. The van der Waals surface area contributed by atoms with Gasteiger partial charge in [-0.3, -0.25) is 9.78 Å². The van der Waals surface area contributed by atoms with Crippen LogP contribution in [0.5, 0.6) is 0 Å². The van der Waals surface area contributed by atoms with Crippen LogP contribution in [-0.4, -0.2) is 53.9 Å². The zero-order valence-electron chi connectivity index (χ0n) is 11.0. The molecule has 0 radical (unpaired) electrons. The van der Waals surface area contributed by atoms with Gasteiger partial charge in [0, 0.05) is 19.6 Å². The Kier molecular flexibility index (Phi) is 3.81. The number of pyridine rings is 1. The van der Waals surface area contributed by atoms with Gasteiger partial charge < -0.3 is 15.5 Å². The van der Waals surface area contributed by atoms with Gasteiger partial charge in [0.25, 0.3) is 5.91 Å². The summed E-state index contributed by atoms with van der Waals surface area (Å²) in [5.41, 5.74) is 7.61. The molecule has 0 aliphatic carbocycles. The summed E-state index contributed by atoms with van der Waals surface area (Å²) < 4.78 is 0. The summed E-state index contributed by atoms with van der Waals surface area (Å²) in [5, 5.41) is 0. The van der Waals surface area contributed by atoms with E-state index >= 15 is 0 Å². The molecule has 1 saturated heterocycles. The Morgan fingerprint density at radius 3 is 2.89 bits per heavy atom. The smallest absolute Gasteiger partial charge is 0.255 e. The molecular weight excluding hydrogens is 228 g/mol. The molecule has 1 aromatic rings. The number of nitrogens with zero attached hydrogens (tertiary/aromatic N) is 3. The molecule has 0 bridgehead atoms. The Hall–Kier alpha value is -1.62. The lowest BCUT2D eigenvalue weighted by Gasteiger charge is -2.21. The Morgan fingerprint density at radius 1 is 1.33 bits per heavy atom. The van der Waals surface area contributed by atoms with E-state index in [1.807, 2.05) is 11.8 Å². The quantitative estimate of drug-likeness (QED) is 0.796. The summed E-state index contributed by atoms with van der Waals surface area (Å²) in [6, 6.07) is 1.72. The molecule has 2 rings (SSSR count). The van der Waals surface area contributed by atoms with Crippen LogP contribution in [0, 0.1) is 6.92 Å². The fourth-order valence-corrected chi connectivity index (χ4v) is 2.19. The summed E-state index contributed by atoms with van der Waals surface area (Å²) in [7, 11) is 2.08. The van der Waals surface area contributed by atoms with E-state index in [1.165, 1.54) is 0 Å². The molecule has 1 fully saturated rings. The predicted molar refractivity (Wildman–Crippen MR) is 71.4 cm³/mol. The van der Waals surface area contributed by atoms with Gasteiger partial charge in [-0.2, -0.15) is 0 Å². The molecule has 1 aliphatic rings. The third-order valence-corrected chi connectivity index (χ3v) is 3.35. The zero-order chi connectivity index (χ0) is 13.1. The number of hydrogen-bond donors (Lipinski definition) is 1. The number of aryl methyl sites for hydroxylation is 1. The highest BCUT2D eigenvalue weighted by atomic mass is 16.2. The van der Waals surface area contributed by atoms with Gasteiger partial charge in [-0.15, -0.1) is 0 Å². The van der Waals surface area contributed by atoms with Gasteiger partial charge in [0.05, 0.1) is 23.1 Å². The minimum atomic E-state index is 0.0441. The van der Waals surface area contributed by atoms with Crippen molar-refractivity contribution in [2.45, 2.75) is 13.3 Å². The van der Waals surface area contributed by atoms with Crippen LogP contribution in [0.2, 0.25) is 0 Å². The first-order chi connectivity index (χ1) is 8.58. The molecular formula is C13H20N4O. The molecule has 2 N–H and O–H groups in total. The van der Waals surface area contributed by atoms with E-state index in [4.69, 9.17) is 5.73 Å². The van der Waals surface area contributed by atoms with Crippen molar-refractivity contribution in [2.24, 2.45) is 0 Å². The van der Waals surface area contributed by atoms with E-state index < -0.39 is 0 Å². The number of likely N-dealkylation sites (N-methyl/N-ethyl adjacent to an activating group) is 1. The lowest BCUT2D eigenvalue weighted by molar-refractivity contribution is 0.0761. The molecule has 5 heteroatoms. The van der Waals surface area contributed by atoms with Gasteiger partial charge in [0.2, 0.25) is 0 Å². The van der Waals surface area contributed by atoms with Gasteiger partial charge in [0.15, 0.2) is 0 Å². The fourth-order valence-electron chi connectivity index (χ4n) is 2.19. The highest BCUT2D eigenvalue weighted by Gasteiger charge is 2.20. The highest BCUT2D eigenvalue weighted by Crippen LogP contribution is 2.14. The van der Waals surface area contributed by atoms with Crippen LogP contribution < -0.4 is 5.73 Å². The maximum absolute atomic E-state index is 12.4. The normalized spacial score (nSPS) is 17.6. The molecule has 1 aliphatic heterocycles. The molecule has 2 heterocycles. The molecule has 1 aromatic heterocycles. The van der Waals surface area contributed by atoms with Crippen LogP contribution >= 0.6 is 0 Å². The van der Waals surface area contributed by atoms with Crippen molar-refractivity contribution in [3.63, 3.8) is 0 Å². The molecule has 0 atom stereocenters. The van der Waals surface area contributed by atoms with Crippen molar-refractivity contribution in [3.05, 3.63) is 23.5 Å². The van der Waals surface area contributed by atoms with Crippen molar-refractivity contribution < 1.29 is 4.79 Å². The number of amides is 1. The van der Waals surface area contributed by atoms with Gasteiger partial charge in [-0.1, -0.05) is 0 Å². The topological polar surface area (TPSA) is 62.5 Å². The summed E-state index contributed by atoms with van der Waals surface area (Å²) in [4.78, 5) is 20.7. The summed E-state index contributed by atoms with van der Waals surface area (Å²) >= 11 is 0. The molecule has 5 nitrogen and oxygen atoms in total. The first-order valence-electron chi connectivity index (χ1n) is 6.28. The van der Waals surface area contributed by atoms with E-state index in [2.05, 4.69) is 16.9 Å². The van der Waals surface area contributed by atoms with Gasteiger partial charge in [0.1, 0.15) is 0 Å². The SMILES string of the molecule is Cc1ncc(N)cc1C(=O)N1CCCN(C)CC1. The third kappa shape index (κ3) is 2.79. The predicted octanol–water partition coefficient (Wildman–Crippen LogP) is 0.750. The van der Waals surface area contributed by atoms with Crippen LogP contribution in [0.1, 0.15) is 22.5 Å². The Bertz CT molecular complexity index is 447. The van der Waals surface area contributed by atoms with Crippen LogP contribution in [0.4, 0.5) is 5.69 Å². The van der Waals surface area contributed by atoms with Gasteiger partial charge in [-0.25, -0.2) is 0 Å². The van der Waals surface area contributed by atoms with E-state index in [0.717, 1.165) is 38.3 Å². The average Bonchev–Trinajstić information content (AvgIpc) is 2.56. The summed E-state index contributed by atoms with van der Waals surface area (Å²) in [5.74, 6) is 0.0441. The van der Waals surface area contributed by atoms with Crippen molar-refractivity contribution >= 4 is 11.6 Å². The van der Waals surface area contributed by atoms with E-state index in [9.17, 15) is 4.79 Å². The minimum absolute atomic E-state index is 0.0441. The number of rotatable bonds is 1. The van der Waals surface area contributed by atoms with E-state index in [-0.39, 0.29) is 5.91 Å². The minimum Gasteiger partial charge on any atom is -0.397 e. The second kappa shape index (κ2) is 5.35. The number of carbonyl (C=O) groups is 1. The summed E-state index contributed by atoms with van der Waals surface area (Å²) in [6.45, 7) is 5.37. The monoisotopic (exact) mass is 248 g/mol. The lowest BCUT2D eigenvalue weighted by Crippen LogP contribution is -2.35. The number of carbonyl (C=O) groups excluding carboxylic acids is 1.